The van der Waals surface area contributed by atoms with Crippen LogP contribution in [-0.2, 0) is 0 Å². The number of thiophene rings is 1. The lowest BCUT2D eigenvalue weighted by Crippen LogP contribution is -2.28. The standard InChI is InChI=1S/C11H19NOS/c1-3-4-11(13)7-12-9(2)10-5-6-14-8-10/h5-6,8-9,11-13H,3-4,7H2,1-2H3. The summed E-state index contributed by atoms with van der Waals surface area (Å²) in [6.45, 7) is 4.90. The smallest absolute Gasteiger partial charge is 0.0664 e. The number of hydrogen-bond acceptors (Lipinski definition) is 3. The van der Waals surface area contributed by atoms with Crippen LogP contribution in [0.4, 0.5) is 0 Å². The molecule has 0 aliphatic carbocycles. The molecule has 2 unspecified atom stereocenters. The summed E-state index contributed by atoms with van der Waals surface area (Å²) in [7, 11) is 0. The van der Waals surface area contributed by atoms with Crippen LogP contribution in [0, 0.1) is 0 Å². The molecule has 0 saturated heterocycles. The van der Waals surface area contributed by atoms with E-state index in [0.717, 1.165) is 12.8 Å². The molecule has 0 spiro atoms. The minimum atomic E-state index is -0.207. The van der Waals surface area contributed by atoms with E-state index in [0.29, 0.717) is 12.6 Å². The third-order valence-electron chi connectivity index (χ3n) is 2.32. The van der Waals surface area contributed by atoms with Gasteiger partial charge in [-0.3, -0.25) is 0 Å². The number of aliphatic hydroxyl groups is 1. The Labute approximate surface area is 90.0 Å². The van der Waals surface area contributed by atoms with Gasteiger partial charge in [-0.25, -0.2) is 0 Å². The first-order valence-electron chi connectivity index (χ1n) is 5.17. The van der Waals surface area contributed by atoms with Crippen molar-refractivity contribution in [2.45, 2.75) is 38.8 Å². The van der Waals surface area contributed by atoms with Gasteiger partial charge < -0.3 is 10.4 Å². The normalized spacial score (nSPS) is 15.4. The first kappa shape index (κ1) is 11.7. The molecule has 0 aliphatic rings. The topological polar surface area (TPSA) is 32.3 Å². The molecule has 0 bridgehead atoms. The lowest BCUT2D eigenvalue weighted by atomic mass is 10.1. The molecule has 0 aliphatic heterocycles. The zero-order chi connectivity index (χ0) is 10.4. The molecule has 0 radical (unpaired) electrons. The van der Waals surface area contributed by atoms with E-state index in [1.807, 2.05) is 0 Å². The van der Waals surface area contributed by atoms with Crippen molar-refractivity contribution in [3.63, 3.8) is 0 Å². The molecule has 1 aromatic heterocycles. The summed E-state index contributed by atoms with van der Waals surface area (Å²) in [4.78, 5) is 0. The van der Waals surface area contributed by atoms with Crippen LogP contribution in [0.1, 0.15) is 38.3 Å². The van der Waals surface area contributed by atoms with E-state index in [1.54, 1.807) is 11.3 Å². The van der Waals surface area contributed by atoms with Crippen molar-refractivity contribution in [1.29, 1.82) is 0 Å². The van der Waals surface area contributed by atoms with Crippen molar-refractivity contribution in [3.05, 3.63) is 22.4 Å². The van der Waals surface area contributed by atoms with Crippen LogP contribution in [0.2, 0.25) is 0 Å². The monoisotopic (exact) mass is 213 g/mol. The Balaban J connectivity index is 2.24. The number of aliphatic hydroxyl groups excluding tert-OH is 1. The maximum absolute atomic E-state index is 9.54. The quantitative estimate of drug-likeness (QED) is 0.761. The van der Waals surface area contributed by atoms with E-state index in [2.05, 4.69) is 36.0 Å². The van der Waals surface area contributed by atoms with Crippen LogP contribution >= 0.6 is 11.3 Å². The average molecular weight is 213 g/mol. The molecule has 0 saturated carbocycles. The van der Waals surface area contributed by atoms with Gasteiger partial charge >= 0.3 is 0 Å². The summed E-state index contributed by atoms with van der Waals surface area (Å²) < 4.78 is 0. The largest absolute Gasteiger partial charge is 0.392 e. The second-order valence-electron chi connectivity index (χ2n) is 3.63. The lowest BCUT2D eigenvalue weighted by Gasteiger charge is -2.15. The van der Waals surface area contributed by atoms with Crippen LogP contribution in [0.15, 0.2) is 16.8 Å². The third-order valence-corrected chi connectivity index (χ3v) is 3.03. The van der Waals surface area contributed by atoms with Gasteiger partial charge in [-0.05, 0) is 35.7 Å². The Morgan fingerprint density at radius 1 is 1.57 bits per heavy atom. The molecule has 2 nitrogen and oxygen atoms in total. The van der Waals surface area contributed by atoms with Crippen LogP contribution in [0.5, 0.6) is 0 Å². The molecular formula is C11H19NOS. The van der Waals surface area contributed by atoms with E-state index in [9.17, 15) is 5.11 Å². The summed E-state index contributed by atoms with van der Waals surface area (Å²) in [5.41, 5.74) is 1.30. The number of hydrogen-bond donors (Lipinski definition) is 2. The molecule has 80 valence electrons. The Morgan fingerprint density at radius 3 is 2.93 bits per heavy atom. The molecule has 2 N–H and O–H groups in total. The Bertz CT molecular complexity index is 235. The highest BCUT2D eigenvalue weighted by Crippen LogP contribution is 2.15. The summed E-state index contributed by atoms with van der Waals surface area (Å²) in [5.74, 6) is 0. The Kier molecular flexibility index (Phi) is 5.15. The van der Waals surface area contributed by atoms with E-state index in [1.165, 1.54) is 5.56 Å². The van der Waals surface area contributed by atoms with E-state index < -0.39 is 0 Å². The zero-order valence-corrected chi connectivity index (χ0v) is 9.68. The van der Waals surface area contributed by atoms with Gasteiger partial charge in [-0.15, -0.1) is 0 Å². The zero-order valence-electron chi connectivity index (χ0n) is 8.86. The van der Waals surface area contributed by atoms with Gasteiger partial charge in [-0.2, -0.15) is 11.3 Å². The summed E-state index contributed by atoms with van der Waals surface area (Å²) in [5, 5.41) is 17.1. The van der Waals surface area contributed by atoms with E-state index in [4.69, 9.17) is 0 Å². The van der Waals surface area contributed by atoms with Crippen molar-refractivity contribution in [1.82, 2.24) is 5.32 Å². The molecule has 3 heteroatoms. The molecule has 1 heterocycles. The summed E-state index contributed by atoms with van der Waals surface area (Å²) >= 11 is 1.71. The van der Waals surface area contributed by atoms with Crippen LogP contribution in [0.3, 0.4) is 0 Å². The Morgan fingerprint density at radius 2 is 2.36 bits per heavy atom. The lowest BCUT2D eigenvalue weighted by molar-refractivity contribution is 0.157. The van der Waals surface area contributed by atoms with Gasteiger partial charge in [0.05, 0.1) is 6.10 Å². The maximum Gasteiger partial charge on any atom is 0.0664 e. The Hall–Kier alpha value is -0.380. The van der Waals surface area contributed by atoms with E-state index in [-0.39, 0.29) is 6.10 Å². The minimum Gasteiger partial charge on any atom is -0.392 e. The number of rotatable bonds is 6. The molecule has 1 rings (SSSR count). The molecular weight excluding hydrogens is 194 g/mol. The van der Waals surface area contributed by atoms with E-state index >= 15 is 0 Å². The average Bonchev–Trinajstić information content (AvgIpc) is 2.67. The summed E-state index contributed by atoms with van der Waals surface area (Å²) in [6.07, 6.45) is 1.71. The van der Waals surface area contributed by atoms with Gasteiger partial charge in [0.15, 0.2) is 0 Å². The van der Waals surface area contributed by atoms with Gasteiger partial charge in [0.2, 0.25) is 0 Å². The molecule has 0 amide bonds. The maximum atomic E-state index is 9.54. The predicted octanol–water partition coefficient (Wildman–Crippen LogP) is 2.56. The van der Waals surface area contributed by atoms with Gasteiger partial charge in [0.25, 0.3) is 0 Å². The molecule has 0 aromatic carbocycles. The summed E-state index contributed by atoms with van der Waals surface area (Å²) in [6, 6.07) is 2.46. The van der Waals surface area contributed by atoms with Crippen LogP contribution in [-0.4, -0.2) is 17.8 Å². The first-order valence-corrected chi connectivity index (χ1v) is 6.11. The van der Waals surface area contributed by atoms with Crippen molar-refractivity contribution < 1.29 is 5.11 Å². The van der Waals surface area contributed by atoms with Crippen molar-refractivity contribution in [3.8, 4) is 0 Å². The molecule has 0 fully saturated rings. The highest BCUT2D eigenvalue weighted by atomic mass is 32.1. The third kappa shape index (κ3) is 3.78. The highest BCUT2D eigenvalue weighted by Gasteiger charge is 2.07. The van der Waals surface area contributed by atoms with Gasteiger partial charge in [-0.1, -0.05) is 13.3 Å². The molecule has 14 heavy (non-hydrogen) atoms. The number of nitrogens with one attached hydrogen (secondary N) is 1. The van der Waals surface area contributed by atoms with Gasteiger partial charge in [0, 0.05) is 12.6 Å². The van der Waals surface area contributed by atoms with Crippen molar-refractivity contribution in [2.24, 2.45) is 0 Å². The van der Waals surface area contributed by atoms with Crippen molar-refractivity contribution >= 4 is 11.3 Å². The minimum absolute atomic E-state index is 0.207. The molecule has 1 aromatic rings. The van der Waals surface area contributed by atoms with Crippen molar-refractivity contribution in [2.75, 3.05) is 6.54 Å². The fourth-order valence-electron chi connectivity index (χ4n) is 1.39. The van der Waals surface area contributed by atoms with Crippen LogP contribution in [0.25, 0.3) is 0 Å². The second kappa shape index (κ2) is 6.17. The first-order chi connectivity index (χ1) is 6.74. The molecule has 2 atom stereocenters. The fraction of sp³-hybridized carbons (Fsp3) is 0.636. The fourth-order valence-corrected chi connectivity index (χ4v) is 2.14. The van der Waals surface area contributed by atoms with Gasteiger partial charge in [0.1, 0.15) is 0 Å². The van der Waals surface area contributed by atoms with Crippen LogP contribution < -0.4 is 5.32 Å². The highest BCUT2D eigenvalue weighted by molar-refractivity contribution is 7.07. The second-order valence-corrected chi connectivity index (χ2v) is 4.41. The SMILES string of the molecule is CCCC(O)CNC(C)c1ccsc1. The predicted molar refractivity (Wildman–Crippen MR) is 61.7 cm³/mol.